The first-order valence-electron chi connectivity index (χ1n) is 3.79. The van der Waals surface area contributed by atoms with Crippen LogP contribution >= 0.6 is 0 Å². The minimum Gasteiger partial charge on any atom is -0.477 e. The van der Waals surface area contributed by atoms with E-state index < -0.39 is 21.1 Å². The van der Waals surface area contributed by atoms with Gasteiger partial charge >= 0.3 is 5.97 Å². The van der Waals surface area contributed by atoms with E-state index in [1.165, 1.54) is 12.1 Å². The first kappa shape index (κ1) is 10.5. The van der Waals surface area contributed by atoms with Crippen LogP contribution in [0, 0.1) is 6.92 Å². The van der Waals surface area contributed by atoms with E-state index in [2.05, 4.69) is 0 Å². The van der Waals surface area contributed by atoms with Gasteiger partial charge in [-0.25, -0.2) is 4.79 Å². The third kappa shape index (κ3) is 2.20. The molecular weight excluding hydrogens is 204 g/mol. The molecule has 0 spiro atoms. The number of aryl methyl sites for hydroxylation is 1. The number of carboxylic acid groups (broad SMARTS) is 1. The third-order valence-electron chi connectivity index (χ3n) is 1.67. The number of aliphatic carboxylic acids is 1. The molecule has 0 saturated carbocycles. The molecule has 0 aliphatic heterocycles. The summed E-state index contributed by atoms with van der Waals surface area (Å²) in [5.74, 6) is -1.44. The molecule has 1 aromatic carbocycles. The van der Waals surface area contributed by atoms with Crippen LogP contribution in [0.5, 0.6) is 0 Å². The molecule has 1 rings (SSSR count). The van der Waals surface area contributed by atoms with Crippen LogP contribution in [-0.2, 0) is 15.1 Å². The van der Waals surface area contributed by atoms with E-state index in [1.54, 1.807) is 12.1 Å². The molecular formula is C9H8O4S. The van der Waals surface area contributed by atoms with Gasteiger partial charge in [-0.15, -0.1) is 0 Å². The summed E-state index contributed by atoms with van der Waals surface area (Å²) in [4.78, 5) is 9.99. The van der Waals surface area contributed by atoms with Crippen molar-refractivity contribution in [1.82, 2.24) is 0 Å². The average Bonchev–Trinajstić information content (AvgIpc) is 2.07. The van der Waals surface area contributed by atoms with E-state index in [9.17, 15) is 13.2 Å². The lowest BCUT2D eigenvalue weighted by Gasteiger charge is -1.97. The van der Waals surface area contributed by atoms with E-state index in [0.717, 1.165) is 5.56 Å². The van der Waals surface area contributed by atoms with Gasteiger partial charge in [-0.2, -0.15) is 8.42 Å². The van der Waals surface area contributed by atoms with Crippen LogP contribution in [0.15, 0.2) is 24.3 Å². The molecule has 0 aliphatic rings. The smallest absolute Gasteiger partial charge is 0.352 e. The van der Waals surface area contributed by atoms with E-state index in [4.69, 9.17) is 5.11 Å². The van der Waals surface area contributed by atoms with Gasteiger partial charge in [0.15, 0.2) is 4.86 Å². The first-order chi connectivity index (χ1) is 6.52. The van der Waals surface area contributed by atoms with Crippen LogP contribution in [0.2, 0.25) is 0 Å². The second-order valence-electron chi connectivity index (χ2n) is 2.74. The molecule has 0 aliphatic carbocycles. The van der Waals surface area contributed by atoms with Gasteiger partial charge < -0.3 is 5.11 Å². The van der Waals surface area contributed by atoms with Crippen LogP contribution in [0.4, 0.5) is 0 Å². The van der Waals surface area contributed by atoms with E-state index in [0.29, 0.717) is 0 Å². The zero-order chi connectivity index (χ0) is 10.7. The van der Waals surface area contributed by atoms with Gasteiger partial charge in [0.25, 0.3) is 0 Å². The fraction of sp³-hybridized carbons (Fsp3) is 0.111. The summed E-state index contributed by atoms with van der Waals surface area (Å²) in [6.45, 7) is 1.83. The Bertz CT molecular complexity index is 474. The van der Waals surface area contributed by atoms with Crippen LogP contribution in [0.25, 0.3) is 0 Å². The van der Waals surface area contributed by atoms with Crippen molar-refractivity contribution in [2.75, 3.05) is 0 Å². The average molecular weight is 212 g/mol. The molecule has 4 nitrogen and oxygen atoms in total. The van der Waals surface area contributed by atoms with Crippen molar-refractivity contribution in [3.05, 3.63) is 35.4 Å². The standard InChI is InChI=1S/C9H8O4S/c1-6-2-4-7(5-3-6)8(9(10)11)14(12)13/h2-5H,1H3,(H,10,11). The molecule has 1 aromatic rings. The maximum absolute atomic E-state index is 10.6. The quantitative estimate of drug-likeness (QED) is 0.571. The highest BCUT2D eigenvalue weighted by atomic mass is 32.2. The van der Waals surface area contributed by atoms with Gasteiger partial charge in [-0.05, 0) is 6.92 Å². The highest BCUT2D eigenvalue weighted by molar-refractivity contribution is 7.75. The van der Waals surface area contributed by atoms with Crippen molar-refractivity contribution >= 4 is 21.1 Å². The predicted molar refractivity (Wildman–Crippen MR) is 51.8 cm³/mol. The van der Waals surface area contributed by atoms with E-state index >= 15 is 0 Å². The van der Waals surface area contributed by atoms with Crippen molar-refractivity contribution < 1.29 is 18.3 Å². The monoisotopic (exact) mass is 212 g/mol. The van der Waals surface area contributed by atoms with Gasteiger partial charge in [0, 0.05) is 5.56 Å². The summed E-state index contributed by atoms with van der Waals surface area (Å²) in [6, 6.07) is 6.25. The molecule has 0 unspecified atom stereocenters. The summed E-state index contributed by atoms with van der Waals surface area (Å²) >= 11 is 0. The highest BCUT2D eigenvalue weighted by Gasteiger charge is 2.13. The Balaban J connectivity index is 3.36. The molecule has 0 bridgehead atoms. The van der Waals surface area contributed by atoms with Crippen molar-refractivity contribution in [2.24, 2.45) is 0 Å². The number of rotatable bonds is 2. The van der Waals surface area contributed by atoms with E-state index in [1.807, 2.05) is 6.92 Å². The lowest BCUT2D eigenvalue weighted by Crippen LogP contribution is -2.15. The number of benzene rings is 1. The Kier molecular flexibility index (Phi) is 3.03. The number of carboxylic acids is 1. The fourth-order valence-corrected chi connectivity index (χ4v) is 1.47. The summed E-state index contributed by atoms with van der Waals surface area (Å²) in [5.41, 5.74) is 1.13. The molecule has 14 heavy (non-hydrogen) atoms. The SMILES string of the molecule is Cc1ccc(C(C(=O)O)=S(=O)=O)cc1. The Morgan fingerprint density at radius 3 is 2.07 bits per heavy atom. The van der Waals surface area contributed by atoms with Crippen molar-refractivity contribution in [1.29, 1.82) is 0 Å². The van der Waals surface area contributed by atoms with Gasteiger partial charge in [-0.3, -0.25) is 0 Å². The minimum atomic E-state index is -2.72. The van der Waals surface area contributed by atoms with Gasteiger partial charge in [0.05, 0.1) is 0 Å². The fourth-order valence-electron chi connectivity index (χ4n) is 0.996. The number of hydrogen-bond acceptors (Lipinski definition) is 3. The minimum absolute atomic E-state index is 0.191. The summed E-state index contributed by atoms with van der Waals surface area (Å²) in [5, 5.41) is 8.64. The van der Waals surface area contributed by atoms with Gasteiger partial charge in [0.2, 0.25) is 10.3 Å². The molecule has 5 heteroatoms. The number of carbonyl (C=O) groups is 1. The molecule has 1 N–H and O–H groups in total. The van der Waals surface area contributed by atoms with E-state index in [-0.39, 0.29) is 5.56 Å². The Morgan fingerprint density at radius 1 is 1.21 bits per heavy atom. The molecule has 0 radical (unpaired) electrons. The molecule has 0 saturated heterocycles. The third-order valence-corrected chi connectivity index (χ3v) is 2.42. The summed E-state index contributed by atoms with van der Waals surface area (Å²) in [7, 11) is -2.72. The topological polar surface area (TPSA) is 71.4 Å². The molecule has 0 fully saturated rings. The molecule has 0 aromatic heterocycles. The molecule has 0 atom stereocenters. The van der Waals surface area contributed by atoms with Crippen LogP contribution in [-0.4, -0.2) is 24.4 Å². The van der Waals surface area contributed by atoms with Crippen LogP contribution < -0.4 is 0 Å². The van der Waals surface area contributed by atoms with Crippen molar-refractivity contribution in [2.45, 2.75) is 6.92 Å². The summed E-state index contributed by atoms with van der Waals surface area (Å²) < 4.78 is 21.2. The molecule has 0 amide bonds. The Hall–Kier alpha value is -1.62. The van der Waals surface area contributed by atoms with Gasteiger partial charge in [-0.1, -0.05) is 29.8 Å². The maximum atomic E-state index is 10.6. The van der Waals surface area contributed by atoms with Crippen LogP contribution in [0.1, 0.15) is 11.1 Å². The Labute approximate surface area is 82.3 Å². The van der Waals surface area contributed by atoms with Crippen molar-refractivity contribution in [3.8, 4) is 0 Å². The maximum Gasteiger partial charge on any atom is 0.352 e. The zero-order valence-corrected chi connectivity index (χ0v) is 8.21. The second-order valence-corrected chi connectivity index (χ2v) is 3.61. The van der Waals surface area contributed by atoms with Gasteiger partial charge in [0.1, 0.15) is 0 Å². The molecule has 0 heterocycles. The largest absolute Gasteiger partial charge is 0.477 e. The van der Waals surface area contributed by atoms with Crippen LogP contribution in [0.3, 0.4) is 0 Å². The lowest BCUT2D eigenvalue weighted by atomic mass is 10.1. The highest BCUT2D eigenvalue weighted by Crippen LogP contribution is 2.04. The summed E-state index contributed by atoms with van der Waals surface area (Å²) in [6.07, 6.45) is 0. The number of hydrogen-bond donors (Lipinski definition) is 1. The second kappa shape index (κ2) is 4.06. The normalized spacial score (nSPS) is 9.50. The first-order valence-corrected chi connectivity index (χ1v) is 4.86. The zero-order valence-electron chi connectivity index (χ0n) is 7.39. The Morgan fingerprint density at radius 2 is 1.71 bits per heavy atom. The lowest BCUT2D eigenvalue weighted by molar-refractivity contribution is -0.129. The predicted octanol–water partition coefficient (Wildman–Crippen LogP) is 0.479. The molecule has 74 valence electrons. The van der Waals surface area contributed by atoms with Crippen molar-refractivity contribution in [3.63, 3.8) is 0 Å².